The Kier molecular flexibility index (Phi) is 3.27. The van der Waals surface area contributed by atoms with Gasteiger partial charge in [-0.1, -0.05) is 28.9 Å². The van der Waals surface area contributed by atoms with Crippen LogP contribution in [-0.4, -0.2) is 12.3 Å². The minimum Gasteiger partial charge on any atom is -0.396 e. The van der Waals surface area contributed by atoms with Crippen molar-refractivity contribution in [2.45, 2.75) is 19.8 Å². The highest BCUT2D eigenvalue weighted by Gasteiger charge is 2.29. The van der Waals surface area contributed by atoms with Gasteiger partial charge in [-0.2, -0.15) is 0 Å². The smallest absolute Gasteiger partial charge is 0.114 e. The Bertz CT molecular complexity index is 354. The zero-order chi connectivity index (χ0) is 10.7. The lowest BCUT2D eigenvalue weighted by Crippen LogP contribution is -2.04. The van der Waals surface area contributed by atoms with Gasteiger partial charge in [0, 0.05) is 10.9 Å². The van der Waals surface area contributed by atoms with Crippen LogP contribution in [0, 0.1) is 5.92 Å². The van der Waals surface area contributed by atoms with E-state index in [-0.39, 0.29) is 0 Å². The largest absolute Gasteiger partial charge is 0.396 e. The van der Waals surface area contributed by atoms with Crippen LogP contribution >= 0.6 is 11.6 Å². The molecular weight excluding hydrogens is 210 g/mol. The summed E-state index contributed by atoms with van der Waals surface area (Å²) >= 11 is 5.84. The molecule has 0 amide bonds. The molecule has 0 aliphatic heterocycles. The van der Waals surface area contributed by atoms with Gasteiger partial charge in [0.15, 0.2) is 0 Å². The third-order valence-electron chi connectivity index (χ3n) is 2.40. The molecule has 1 saturated carbocycles. The highest BCUT2D eigenvalue weighted by atomic mass is 35.5. The molecule has 15 heavy (non-hydrogen) atoms. The van der Waals surface area contributed by atoms with Gasteiger partial charge in [0.2, 0.25) is 0 Å². The number of nitrogens with zero attached hydrogens (tertiary/aromatic N) is 1. The molecule has 1 aromatic rings. The lowest BCUT2D eigenvalue weighted by atomic mass is 10.1. The van der Waals surface area contributed by atoms with Crippen molar-refractivity contribution in [1.29, 1.82) is 0 Å². The molecular formula is C12H14ClNO. The van der Waals surface area contributed by atoms with Crippen LogP contribution in [0.15, 0.2) is 29.4 Å². The van der Waals surface area contributed by atoms with Crippen LogP contribution in [0.4, 0.5) is 0 Å². The fourth-order valence-corrected chi connectivity index (χ4v) is 1.60. The molecule has 1 aromatic carbocycles. The first-order valence-corrected chi connectivity index (χ1v) is 5.65. The van der Waals surface area contributed by atoms with Gasteiger partial charge in [0.1, 0.15) is 6.61 Å². The van der Waals surface area contributed by atoms with Crippen LogP contribution in [0.3, 0.4) is 0 Å². The molecule has 1 aliphatic carbocycles. The predicted octanol–water partition coefficient (Wildman–Crippen LogP) is 3.49. The van der Waals surface area contributed by atoms with E-state index in [4.69, 9.17) is 16.4 Å². The van der Waals surface area contributed by atoms with Gasteiger partial charge in [0.05, 0.1) is 5.71 Å². The molecule has 0 atom stereocenters. The normalized spacial score (nSPS) is 16.5. The standard InChI is InChI=1S/C12H14ClNO/c1-2-15-14-12(9-3-4-9)10-5-7-11(13)8-6-10/h5-9H,2-4H2,1H3. The number of hydrogen-bond donors (Lipinski definition) is 0. The molecule has 0 spiro atoms. The minimum absolute atomic E-state index is 0.581. The molecule has 0 radical (unpaired) electrons. The second-order valence-corrected chi connectivity index (χ2v) is 4.11. The summed E-state index contributed by atoms with van der Waals surface area (Å²) in [5.41, 5.74) is 2.18. The Hall–Kier alpha value is -1.02. The fourth-order valence-electron chi connectivity index (χ4n) is 1.47. The summed E-state index contributed by atoms with van der Waals surface area (Å²) in [6.07, 6.45) is 2.43. The zero-order valence-corrected chi connectivity index (χ0v) is 9.50. The maximum atomic E-state index is 5.84. The van der Waals surface area contributed by atoms with E-state index >= 15 is 0 Å². The Morgan fingerprint density at radius 1 is 1.40 bits per heavy atom. The molecule has 1 fully saturated rings. The first-order chi connectivity index (χ1) is 7.31. The van der Waals surface area contributed by atoms with Crippen LogP contribution in [0.1, 0.15) is 25.3 Å². The third-order valence-corrected chi connectivity index (χ3v) is 2.65. The van der Waals surface area contributed by atoms with E-state index in [0.29, 0.717) is 12.5 Å². The van der Waals surface area contributed by atoms with Crippen molar-refractivity contribution < 1.29 is 4.84 Å². The Morgan fingerprint density at radius 3 is 2.60 bits per heavy atom. The molecule has 1 aliphatic rings. The van der Waals surface area contributed by atoms with Crippen molar-refractivity contribution in [3.8, 4) is 0 Å². The predicted molar refractivity (Wildman–Crippen MR) is 62.3 cm³/mol. The first kappa shape index (κ1) is 10.5. The molecule has 0 bridgehead atoms. The van der Waals surface area contributed by atoms with Crippen molar-refractivity contribution in [2.75, 3.05) is 6.61 Å². The van der Waals surface area contributed by atoms with Crippen LogP contribution < -0.4 is 0 Å². The van der Waals surface area contributed by atoms with E-state index in [1.165, 1.54) is 12.8 Å². The summed E-state index contributed by atoms with van der Waals surface area (Å²) in [6.45, 7) is 2.56. The maximum absolute atomic E-state index is 5.84. The van der Waals surface area contributed by atoms with E-state index in [1.54, 1.807) is 0 Å². The van der Waals surface area contributed by atoms with Gasteiger partial charge < -0.3 is 4.84 Å². The highest BCUT2D eigenvalue weighted by molar-refractivity contribution is 6.30. The lowest BCUT2D eigenvalue weighted by molar-refractivity contribution is 0.158. The first-order valence-electron chi connectivity index (χ1n) is 5.27. The van der Waals surface area contributed by atoms with Crippen molar-refractivity contribution in [1.82, 2.24) is 0 Å². The van der Waals surface area contributed by atoms with Crippen molar-refractivity contribution in [2.24, 2.45) is 11.1 Å². The second kappa shape index (κ2) is 4.67. The highest BCUT2D eigenvalue weighted by Crippen LogP contribution is 2.33. The number of oxime groups is 1. The minimum atomic E-state index is 0.581. The summed E-state index contributed by atoms with van der Waals surface area (Å²) in [6, 6.07) is 7.78. The van der Waals surface area contributed by atoms with Crippen LogP contribution in [0.2, 0.25) is 5.02 Å². The van der Waals surface area contributed by atoms with Gasteiger partial charge in [0.25, 0.3) is 0 Å². The van der Waals surface area contributed by atoms with E-state index in [9.17, 15) is 0 Å². The van der Waals surface area contributed by atoms with Gasteiger partial charge >= 0.3 is 0 Å². The van der Waals surface area contributed by atoms with Gasteiger partial charge in [-0.05, 0) is 37.5 Å². The quantitative estimate of drug-likeness (QED) is 0.566. The Morgan fingerprint density at radius 2 is 2.07 bits per heavy atom. The van der Waals surface area contributed by atoms with Gasteiger partial charge in [-0.3, -0.25) is 0 Å². The average molecular weight is 224 g/mol. The molecule has 0 aromatic heterocycles. The van der Waals surface area contributed by atoms with Crippen molar-refractivity contribution in [3.63, 3.8) is 0 Å². The summed E-state index contributed by atoms with van der Waals surface area (Å²) in [7, 11) is 0. The Balaban J connectivity index is 2.20. The van der Waals surface area contributed by atoms with Crippen LogP contribution in [0.25, 0.3) is 0 Å². The second-order valence-electron chi connectivity index (χ2n) is 3.68. The fraction of sp³-hybridized carbons (Fsp3) is 0.417. The average Bonchev–Trinajstić information content (AvgIpc) is 3.05. The summed E-state index contributed by atoms with van der Waals surface area (Å²) in [4.78, 5) is 5.14. The molecule has 0 N–H and O–H groups in total. The van der Waals surface area contributed by atoms with E-state index < -0.39 is 0 Å². The molecule has 3 heteroatoms. The van der Waals surface area contributed by atoms with Gasteiger partial charge in [-0.25, -0.2) is 0 Å². The maximum Gasteiger partial charge on any atom is 0.114 e. The third kappa shape index (κ3) is 2.72. The van der Waals surface area contributed by atoms with Crippen molar-refractivity contribution in [3.05, 3.63) is 34.9 Å². The number of rotatable bonds is 4. The number of benzene rings is 1. The number of hydrogen-bond acceptors (Lipinski definition) is 2. The number of halogens is 1. The molecule has 0 saturated heterocycles. The van der Waals surface area contributed by atoms with Crippen LogP contribution in [-0.2, 0) is 4.84 Å². The van der Waals surface area contributed by atoms with E-state index in [1.807, 2.05) is 31.2 Å². The summed E-state index contributed by atoms with van der Waals surface area (Å²) in [5, 5.41) is 4.93. The topological polar surface area (TPSA) is 21.6 Å². The van der Waals surface area contributed by atoms with Crippen molar-refractivity contribution >= 4 is 17.3 Å². The Labute approximate surface area is 94.9 Å². The molecule has 0 unspecified atom stereocenters. The van der Waals surface area contributed by atoms with E-state index in [2.05, 4.69) is 5.16 Å². The van der Waals surface area contributed by atoms with E-state index in [0.717, 1.165) is 16.3 Å². The van der Waals surface area contributed by atoms with Crippen LogP contribution in [0.5, 0.6) is 0 Å². The zero-order valence-electron chi connectivity index (χ0n) is 8.74. The SMILES string of the molecule is CCON=C(c1ccc(Cl)cc1)C1CC1. The molecule has 2 rings (SSSR count). The lowest BCUT2D eigenvalue weighted by Gasteiger charge is -2.04. The summed E-state index contributed by atoms with van der Waals surface area (Å²) < 4.78 is 0. The summed E-state index contributed by atoms with van der Waals surface area (Å²) in [5.74, 6) is 0.581. The molecule has 0 heterocycles. The monoisotopic (exact) mass is 223 g/mol. The molecule has 2 nitrogen and oxygen atoms in total. The van der Waals surface area contributed by atoms with Gasteiger partial charge in [-0.15, -0.1) is 0 Å². The molecule has 80 valence electrons.